The van der Waals surface area contributed by atoms with Gasteiger partial charge in [-0.3, -0.25) is 9.36 Å². The monoisotopic (exact) mass is 888 g/mol. The number of esters is 1. The lowest BCUT2D eigenvalue weighted by atomic mass is 9.95. The van der Waals surface area contributed by atoms with Crippen molar-refractivity contribution in [2.24, 2.45) is 4.99 Å². The van der Waals surface area contributed by atoms with Crippen molar-refractivity contribution in [1.29, 1.82) is 0 Å². The molecule has 0 radical (unpaired) electrons. The zero-order valence-corrected chi connectivity index (χ0v) is 31.3. The number of carbonyl (C=O) groups excluding carboxylic acids is 1. The van der Waals surface area contributed by atoms with Crippen LogP contribution in [-0.4, -0.2) is 23.2 Å². The van der Waals surface area contributed by atoms with Gasteiger partial charge >= 0.3 is 5.97 Å². The van der Waals surface area contributed by atoms with Gasteiger partial charge in [-0.2, -0.15) is 0 Å². The highest BCUT2D eigenvalue weighted by Crippen LogP contribution is 2.36. The summed E-state index contributed by atoms with van der Waals surface area (Å²) in [6.45, 7) is 7.81. The predicted octanol–water partition coefficient (Wildman–Crippen LogP) is 7.68. The summed E-state index contributed by atoms with van der Waals surface area (Å²) in [6.07, 6.45) is 1.69. The predicted molar refractivity (Wildman–Crippen MR) is 195 cm³/mol. The Hall–Kier alpha value is -2.39. The highest BCUT2D eigenvalue weighted by Gasteiger charge is 2.35. The minimum Gasteiger partial charge on any atom is -0.491 e. The van der Waals surface area contributed by atoms with Crippen LogP contribution in [0, 0.1) is 7.14 Å². The van der Waals surface area contributed by atoms with Gasteiger partial charge in [0.05, 0.1) is 42.1 Å². The first-order valence-corrected chi connectivity index (χ1v) is 17.7. The Morgan fingerprint density at radius 3 is 2.58 bits per heavy atom. The van der Waals surface area contributed by atoms with Gasteiger partial charge in [0.25, 0.3) is 5.56 Å². The average molecular weight is 889 g/mol. The number of allylic oxidation sites excluding steroid dienone is 1. The van der Waals surface area contributed by atoms with Gasteiger partial charge in [0.2, 0.25) is 0 Å². The largest absolute Gasteiger partial charge is 0.491 e. The molecule has 0 aliphatic carbocycles. The maximum Gasteiger partial charge on any atom is 0.338 e. The molecule has 12 heteroatoms. The summed E-state index contributed by atoms with van der Waals surface area (Å²) in [7, 11) is 0. The molecule has 4 aromatic rings. The van der Waals surface area contributed by atoms with Crippen LogP contribution >= 0.6 is 79.7 Å². The first-order chi connectivity index (χ1) is 21.5. The van der Waals surface area contributed by atoms with E-state index >= 15 is 0 Å². The minimum atomic E-state index is -0.793. The smallest absolute Gasteiger partial charge is 0.338 e. The molecule has 0 amide bonds. The van der Waals surface area contributed by atoms with Crippen LogP contribution in [0.25, 0.3) is 6.08 Å². The zero-order chi connectivity index (χ0) is 32.4. The van der Waals surface area contributed by atoms with Crippen LogP contribution in [0.15, 0.2) is 75.7 Å². The van der Waals surface area contributed by atoms with Crippen LogP contribution in [0.4, 0.5) is 0 Å². The fourth-order valence-corrected chi connectivity index (χ4v) is 8.32. The number of thiazole rings is 1. The van der Waals surface area contributed by atoms with Crippen molar-refractivity contribution < 1.29 is 19.0 Å². The average Bonchev–Trinajstić information content (AvgIpc) is 3.27. The maximum atomic E-state index is 14.3. The fraction of sp³-hybridized carbons (Fsp3) is 0.242. The number of fused-ring (bicyclic) bond motifs is 1. The molecule has 2 heterocycles. The van der Waals surface area contributed by atoms with Crippen LogP contribution in [0.5, 0.6) is 11.5 Å². The minimum absolute atomic E-state index is 0.122. The maximum absolute atomic E-state index is 14.3. The first-order valence-electron chi connectivity index (χ1n) is 14.0. The van der Waals surface area contributed by atoms with E-state index in [4.69, 9.17) is 42.4 Å². The highest BCUT2D eigenvalue weighted by molar-refractivity contribution is 14.1. The Bertz CT molecular complexity index is 2000. The van der Waals surface area contributed by atoms with Gasteiger partial charge in [-0.05, 0) is 115 Å². The number of nitrogens with zero attached hydrogens (tertiary/aromatic N) is 2. The molecule has 3 aromatic carbocycles. The van der Waals surface area contributed by atoms with Crippen molar-refractivity contribution in [2.75, 3.05) is 6.61 Å². The molecule has 1 aromatic heterocycles. The van der Waals surface area contributed by atoms with Gasteiger partial charge in [0, 0.05) is 14.7 Å². The number of ether oxygens (including phenoxy) is 3. The molecule has 0 spiro atoms. The van der Waals surface area contributed by atoms with Crippen molar-refractivity contribution in [1.82, 2.24) is 4.57 Å². The number of rotatable bonds is 9. The lowest BCUT2D eigenvalue weighted by molar-refractivity contribution is -0.139. The summed E-state index contributed by atoms with van der Waals surface area (Å²) >= 11 is 18.0. The van der Waals surface area contributed by atoms with Crippen LogP contribution in [-0.2, 0) is 16.1 Å². The van der Waals surface area contributed by atoms with Gasteiger partial charge in [-0.1, -0.05) is 58.8 Å². The van der Waals surface area contributed by atoms with E-state index in [2.05, 4.69) is 45.2 Å². The Balaban J connectivity index is 1.66. The quantitative estimate of drug-likeness (QED) is 0.127. The Labute approximate surface area is 301 Å². The summed E-state index contributed by atoms with van der Waals surface area (Å²) in [5.74, 6) is 0.680. The summed E-state index contributed by atoms with van der Waals surface area (Å²) in [5.41, 5.74) is 2.75. The van der Waals surface area contributed by atoms with Crippen molar-refractivity contribution >= 4 is 91.8 Å². The summed E-state index contributed by atoms with van der Waals surface area (Å²) < 4.78 is 21.8. The number of hydrogen-bond acceptors (Lipinski definition) is 7. The molecule has 45 heavy (non-hydrogen) atoms. The lowest BCUT2D eigenvalue weighted by Gasteiger charge is -2.26. The second kappa shape index (κ2) is 14.6. The van der Waals surface area contributed by atoms with Crippen LogP contribution in [0.1, 0.15) is 50.4 Å². The molecule has 5 rings (SSSR count). The van der Waals surface area contributed by atoms with E-state index in [-0.39, 0.29) is 24.9 Å². The van der Waals surface area contributed by atoms with Crippen molar-refractivity contribution in [3.63, 3.8) is 0 Å². The van der Waals surface area contributed by atoms with Gasteiger partial charge in [-0.25, -0.2) is 9.79 Å². The summed E-state index contributed by atoms with van der Waals surface area (Å²) in [5, 5.41) is 0.919. The van der Waals surface area contributed by atoms with Crippen LogP contribution in [0.3, 0.4) is 0 Å². The second-order valence-corrected chi connectivity index (χ2v) is 14.6. The van der Waals surface area contributed by atoms with E-state index in [1.165, 1.54) is 11.3 Å². The Morgan fingerprint density at radius 2 is 1.87 bits per heavy atom. The van der Waals surface area contributed by atoms with E-state index in [1.54, 1.807) is 30.5 Å². The third kappa shape index (κ3) is 7.45. The van der Waals surface area contributed by atoms with Crippen molar-refractivity contribution in [3.8, 4) is 11.5 Å². The fourth-order valence-electron chi connectivity index (χ4n) is 4.92. The van der Waals surface area contributed by atoms with Gasteiger partial charge in [0.15, 0.2) is 4.80 Å². The van der Waals surface area contributed by atoms with E-state index < -0.39 is 12.0 Å². The number of aromatic nitrogens is 1. The molecule has 0 unspecified atom stereocenters. The highest BCUT2D eigenvalue weighted by atomic mass is 127. The van der Waals surface area contributed by atoms with E-state index in [0.29, 0.717) is 47.7 Å². The number of benzene rings is 3. The molecule has 0 bridgehead atoms. The molecule has 0 fully saturated rings. The van der Waals surface area contributed by atoms with Gasteiger partial charge in [0.1, 0.15) is 24.1 Å². The second-order valence-electron chi connectivity index (χ2n) is 10.3. The lowest BCUT2D eigenvalue weighted by Crippen LogP contribution is -2.40. The van der Waals surface area contributed by atoms with Crippen molar-refractivity contribution in [3.05, 3.63) is 119 Å². The number of carbonyl (C=O) groups is 1. The molecule has 7 nitrogen and oxygen atoms in total. The molecule has 1 aliphatic rings. The Morgan fingerprint density at radius 1 is 1.11 bits per heavy atom. The SMILES string of the molecule is CCOC(=O)C1=C(C)N=c2s/c(=C\c3cc(I)cc(I)c3OCc3ccc(Cl)c(Cl)c3)c(=O)n2[C@H]1c1ccccc1OC(C)C. The molecule has 1 atom stereocenters. The van der Waals surface area contributed by atoms with E-state index in [9.17, 15) is 9.59 Å². The Kier molecular flexibility index (Phi) is 11.0. The third-order valence-electron chi connectivity index (χ3n) is 6.78. The number of para-hydroxylation sites is 1. The molecule has 0 saturated carbocycles. The summed E-state index contributed by atoms with van der Waals surface area (Å²) in [6, 6.07) is 16.0. The van der Waals surface area contributed by atoms with Gasteiger partial charge in [-0.15, -0.1) is 0 Å². The van der Waals surface area contributed by atoms with Crippen LogP contribution < -0.4 is 24.4 Å². The van der Waals surface area contributed by atoms with Gasteiger partial charge < -0.3 is 14.2 Å². The van der Waals surface area contributed by atoms with Crippen LogP contribution in [0.2, 0.25) is 10.0 Å². The molecule has 1 aliphatic heterocycles. The van der Waals surface area contributed by atoms with Crippen molar-refractivity contribution in [2.45, 2.75) is 46.4 Å². The van der Waals surface area contributed by atoms with E-state index in [1.807, 2.05) is 62.4 Å². The zero-order valence-electron chi connectivity index (χ0n) is 24.7. The molecule has 234 valence electrons. The number of halogens is 4. The summed E-state index contributed by atoms with van der Waals surface area (Å²) in [4.78, 5) is 32.8. The molecule has 0 N–H and O–H groups in total. The molecular weight excluding hydrogens is 861 g/mol. The topological polar surface area (TPSA) is 79.1 Å². The molecule has 0 saturated heterocycles. The molecular formula is C33H28Cl2I2N2O5S. The third-order valence-corrected chi connectivity index (χ3v) is 9.93. The number of hydrogen-bond donors (Lipinski definition) is 0. The van der Waals surface area contributed by atoms with E-state index in [0.717, 1.165) is 18.3 Å². The normalized spacial score (nSPS) is 14.8. The first kappa shape index (κ1) is 34.0. The standard InChI is InChI=1S/C33H28Cl2I2N2O5S/c1-5-42-32(41)28-18(4)38-33-39(29(28)22-8-6-7-9-26(22)44-17(2)3)31(40)27(45-33)14-20-13-21(36)15-25(37)30(20)43-16-19-10-11-23(34)24(35)12-19/h6-15,17,29H,5,16H2,1-4H3/b27-14-/t29-/m0/s1.